The number of anilines is 1. The van der Waals surface area contributed by atoms with Crippen molar-refractivity contribution in [2.24, 2.45) is 5.41 Å². The molecule has 0 unspecified atom stereocenters. The Kier molecular flexibility index (Phi) is 4.75. The summed E-state index contributed by atoms with van der Waals surface area (Å²) in [6.45, 7) is 10.9. The van der Waals surface area contributed by atoms with Crippen LogP contribution in [0.2, 0.25) is 0 Å². The SMILES string of the molecule is CCCNCc1cnc(N2CCCC(C)(C)C2)nc1. The summed E-state index contributed by atoms with van der Waals surface area (Å²) >= 11 is 0. The molecule has 1 aromatic rings. The van der Waals surface area contributed by atoms with Crippen molar-refractivity contribution in [3.05, 3.63) is 18.0 Å². The van der Waals surface area contributed by atoms with Crippen LogP contribution in [0.3, 0.4) is 0 Å². The van der Waals surface area contributed by atoms with E-state index in [0.717, 1.165) is 44.1 Å². The van der Waals surface area contributed by atoms with Crippen LogP contribution in [0.4, 0.5) is 5.95 Å². The van der Waals surface area contributed by atoms with E-state index >= 15 is 0 Å². The van der Waals surface area contributed by atoms with Gasteiger partial charge in [0.1, 0.15) is 0 Å². The summed E-state index contributed by atoms with van der Waals surface area (Å²) < 4.78 is 0. The van der Waals surface area contributed by atoms with Crippen LogP contribution in [-0.4, -0.2) is 29.6 Å². The molecule has 4 heteroatoms. The maximum absolute atomic E-state index is 4.52. The van der Waals surface area contributed by atoms with Crippen LogP contribution in [0.25, 0.3) is 0 Å². The van der Waals surface area contributed by atoms with Gasteiger partial charge in [-0.3, -0.25) is 0 Å². The Bertz CT molecular complexity index is 386. The molecule has 0 aromatic carbocycles. The molecule has 0 amide bonds. The summed E-state index contributed by atoms with van der Waals surface area (Å²) in [6.07, 6.45) is 7.58. The average molecular weight is 262 g/mol. The Hall–Kier alpha value is -1.16. The number of aromatic nitrogens is 2. The first-order chi connectivity index (χ1) is 9.11. The van der Waals surface area contributed by atoms with Crippen LogP contribution >= 0.6 is 0 Å². The molecule has 0 bridgehead atoms. The fourth-order valence-electron chi connectivity index (χ4n) is 2.61. The van der Waals surface area contributed by atoms with E-state index in [1.165, 1.54) is 12.8 Å². The van der Waals surface area contributed by atoms with E-state index in [1.54, 1.807) is 0 Å². The molecule has 0 saturated carbocycles. The standard InChI is InChI=1S/C15H26N4/c1-4-7-16-9-13-10-17-14(18-11-13)19-8-5-6-15(2,3)12-19/h10-11,16H,4-9,12H2,1-3H3. The second-order valence-corrected chi connectivity index (χ2v) is 6.26. The first-order valence-electron chi connectivity index (χ1n) is 7.37. The third-order valence-electron chi connectivity index (χ3n) is 3.63. The van der Waals surface area contributed by atoms with Crippen LogP contribution in [0.5, 0.6) is 0 Å². The number of rotatable bonds is 5. The zero-order chi connectivity index (χ0) is 13.7. The predicted molar refractivity (Wildman–Crippen MR) is 79.3 cm³/mol. The highest BCUT2D eigenvalue weighted by Crippen LogP contribution is 2.29. The van der Waals surface area contributed by atoms with Crippen molar-refractivity contribution >= 4 is 5.95 Å². The van der Waals surface area contributed by atoms with Gasteiger partial charge in [0.25, 0.3) is 0 Å². The molecule has 0 radical (unpaired) electrons. The predicted octanol–water partition coefficient (Wildman–Crippen LogP) is 2.60. The second-order valence-electron chi connectivity index (χ2n) is 6.26. The van der Waals surface area contributed by atoms with E-state index in [0.29, 0.717) is 5.41 Å². The van der Waals surface area contributed by atoms with Gasteiger partial charge in [-0.15, -0.1) is 0 Å². The van der Waals surface area contributed by atoms with Gasteiger partial charge in [-0.05, 0) is 31.2 Å². The summed E-state index contributed by atoms with van der Waals surface area (Å²) in [5.74, 6) is 0.881. The molecular formula is C15H26N4. The quantitative estimate of drug-likeness (QED) is 0.828. The minimum absolute atomic E-state index is 0.378. The largest absolute Gasteiger partial charge is 0.340 e. The fourth-order valence-corrected chi connectivity index (χ4v) is 2.61. The molecule has 0 aliphatic carbocycles. The Morgan fingerprint density at radius 1 is 1.32 bits per heavy atom. The third kappa shape index (κ3) is 4.16. The van der Waals surface area contributed by atoms with Gasteiger partial charge in [-0.25, -0.2) is 9.97 Å². The average Bonchev–Trinajstić information content (AvgIpc) is 2.39. The molecule has 106 valence electrons. The molecular weight excluding hydrogens is 236 g/mol. The van der Waals surface area contributed by atoms with Crippen LogP contribution in [0.15, 0.2) is 12.4 Å². The molecule has 0 atom stereocenters. The van der Waals surface area contributed by atoms with E-state index in [1.807, 2.05) is 12.4 Å². The van der Waals surface area contributed by atoms with Crippen molar-refractivity contribution in [1.82, 2.24) is 15.3 Å². The van der Waals surface area contributed by atoms with Crippen LogP contribution < -0.4 is 10.2 Å². The van der Waals surface area contributed by atoms with Crippen LogP contribution in [0.1, 0.15) is 45.6 Å². The highest BCUT2D eigenvalue weighted by atomic mass is 15.3. The van der Waals surface area contributed by atoms with Gasteiger partial charge in [-0.1, -0.05) is 20.8 Å². The van der Waals surface area contributed by atoms with Crippen LogP contribution in [0, 0.1) is 5.41 Å². The molecule has 0 spiro atoms. The van der Waals surface area contributed by atoms with Crippen molar-refractivity contribution in [2.75, 3.05) is 24.5 Å². The second kappa shape index (κ2) is 6.33. The van der Waals surface area contributed by atoms with Gasteiger partial charge in [-0.2, -0.15) is 0 Å². The first kappa shape index (κ1) is 14.3. The topological polar surface area (TPSA) is 41.1 Å². The maximum Gasteiger partial charge on any atom is 0.225 e. The van der Waals surface area contributed by atoms with Gasteiger partial charge >= 0.3 is 0 Å². The Labute approximate surface area is 116 Å². The molecule has 2 rings (SSSR count). The number of nitrogens with one attached hydrogen (secondary N) is 1. The fraction of sp³-hybridized carbons (Fsp3) is 0.733. The normalized spacial score (nSPS) is 18.6. The van der Waals surface area contributed by atoms with Crippen molar-refractivity contribution in [3.8, 4) is 0 Å². The van der Waals surface area contributed by atoms with Crippen molar-refractivity contribution in [2.45, 2.75) is 46.6 Å². The molecule has 1 aliphatic heterocycles. The monoisotopic (exact) mass is 262 g/mol. The Morgan fingerprint density at radius 2 is 2.05 bits per heavy atom. The van der Waals surface area contributed by atoms with E-state index in [4.69, 9.17) is 0 Å². The Morgan fingerprint density at radius 3 is 2.68 bits per heavy atom. The third-order valence-corrected chi connectivity index (χ3v) is 3.63. The van der Waals surface area contributed by atoms with E-state index < -0.39 is 0 Å². The number of nitrogens with zero attached hydrogens (tertiary/aromatic N) is 3. The lowest BCUT2D eigenvalue weighted by atomic mass is 9.84. The molecule has 4 nitrogen and oxygen atoms in total. The summed E-state index contributed by atoms with van der Waals surface area (Å²) in [6, 6.07) is 0. The smallest absolute Gasteiger partial charge is 0.225 e. The van der Waals surface area contributed by atoms with Crippen molar-refractivity contribution in [3.63, 3.8) is 0 Å². The maximum atomic E-state index is 4.52. The first-order valence-corrected chi connectivity index (χ1v) is 7.37. The lowest BCUT2D eigenvalue weighted by Gasteiger charge is -2.38. The summed E-state index contributed by atoms with van der Waals surface area (Å²) in [7, 11) is 0. The zero-order valence-electron chi connectivity index (χ0n) is 12.4. The molecule has 1 saturated heterocycles. The molecule has 19 heavy (non-hydrogen) atoms. The molecule has 1 N–H and O–H groups in total. The highest BCUT2D eigenvalue weighted by Gasteiger charge is 2.27. The van der Waals surface area contributed by atoms with Crippen molar-refractivity contribution in [1.29, 1.82) is 0 Å². The van der Waals surface area contributed by atoms with Gasteiger partial charge in [0.2, 0.25) is 5.95 Å². The van der Waals surface area contributed by atoms with E-state index in [9.17, 15) is 0 Å². The van der Waals surface area contributed by atoms with Gasteiger partial charge < -0.3 is 10.2 Å². The van der Waals surface area contributed by atoms with Gasteiger partial charge in [0.15, 0.2) is 0 Å². The van der Waals surface area contributed by atoms with Gasteiger partial charge in [0, 0.05) is 37.6 Å². The lowest BCUT2D eigenvalue weighted by molar-refractivity contribution is 0.291. The van der Waals surface area contributed by atoms with E-state index in [-0.39, 0.29) is 0 Å². The Balaban J connectivity index is 1.94. The summed E-state index contributed by atoms with van der Waals surface area (Å²) in [5, 5.41) is 3.37. The minimum atomic E-state index is 0.378. The number of piperidine rings is 1. The highest BCUT2D eigenvalue weighted by molar-refractivity contribution is 5.31. The molecule has 2 heterocycles. The lowest BCUT2D eigenvalue weighted by Crippen LogP contribution is -2.41. The summed E-state index contributed by atoms with van der Waals surface area (Å²) in [5.41, 5.74) is 1.54. The zero-order valence-corrected chi connectivity index (χ0v) is 12.4. The minimum Gasteiger partial charge on any atom is -0.340 e. The molecule has 1 fully saturated rings. The van der Waals surface area contributed by atoms with Crippen LogP contribution in [-0.2, 0) is 6.54 Å². The molecule has 1 aliphatic rings. The van der Waals surface area contributed by atoms with Gasteiger partial charge in [0.05, 0.1) is 0 Å². The number of hydrogen-bond acceptors (Lipinski definition) is 4. The molecule has 1 aromatic heterocycles. The van der Waals surface area contributed by atoms with E-state index in [2.05, 4.69) is 41.0 Å². The van der Waals surface area contributed by atoms with Crippen molar-refractivity contribution < 1.29 is 0 Å². The number of hydrogen-bond donors (Lipinski definition) is 1. The summed E-state index contributed by atoms with van der Waals surface area (Å²) in [4.78, 5) is 11.4.